The van der Waals surface area contributed by atoms with Gasteiger partial charge in [-0.3, -0.25) is 4.79 Å². The number of aromatic amines is 1. The van der Waals surface area contributed by atoms with Crippen molar-refractivity contribution < 1.29 is 13.7 Å². The number of H-pyrrole nitrogens is 1. The predicted octanol–water partition coefficient (Wildman–Crippen LogP) is 4.60. The van der Waals surface area contributed by atoms with Crippen LogP contribution in [-0.2, 0) is 17.0 Å². The number of imidazole rings is 1. The van der Waals surface area contributed by atoms with Crippen LogP contribution in [0.3, 0.4) is 0 Å². The van der Waals surface area contributed by atoms with Crippen molar-refractivity contribution in [1.82, 2.24) is 20.1 Å². The minimum Gasteiger partial charge on any atom is -0.339 e. The molecule has 29 heavy (non-hydrogen) atoms. The molecule has 148 valence electrons. The standard InChI is InChI=1S/C19H15ClFN5O2S/c20-11-5-6-13(12(21)9-11)22-17(27)7-8-18-25-16(26-28-18)10-29-19-23-14-3-1-2-4-15(14)24-19/h1-6,9H,7-8,10H2,(H,22,27)(H,23,24). The fourth-order valence-corrected chi connectivity index (χ4v) is 3.49. The quantitative estimate of drug-likeness (QED) is 0.415. The smallest absolute Gasteiger partial charge is 0.227 e. The molecule has 4 rings (SSSR count). The minimum atomic E-state index is -0.589. The molecule has 0 bridgehead atoms. The molecule has 1 amide bonds. The number of aryl methyl sites for hydroxylation is 1. The second-order valence-corrected chi connectivity index (χ2v) is 7.52. The molecule has 0 aliphatic rings. The lowest BCUT2D eigenvalue weighted by Crippen LogP contribution is -2.13. The lowest BCUT2D eigenvalue weighted by atomic mass is 10.2. The van der Waals surface area contributed by atoms with Crippen LogP contribution in [0.4, 0.5) is 10.1 Å². The van der Waals surface area contributed by atoms with Gasteiger partial charge in [-0.05, 0) is 30.3 Å². The van der Waals surface area contributed by atoms with Gasteiger partial charge in [-0.15, -0.1) is 0 Å². The summed E-state index contributed by atoms with van der Waals surface area (Å²) >= 11 is 7.15. The van der Waals surface area contributed by atoms with E-state index in [4.69, 9.17) is 16.1 Å². The second kappa shape index (κ2) is 8.62. The number of hydrogen-bond donors (Lipinski definition) is 2. The maximum atomic E-state index is 13.7. The van der Waals surface area contributed by atoms with Crippen molar-refractivity contribution >= 4 is 46.0 Å². The number of hydrogen-bond acceptors (Lipinski definition) is 6. The van der Waals surface area contributed by atoms with Gasteiger partial charge in [0, 0.05) is 17.9 Å². The number of thioether (sulfide) groups is 1. The van der Waals surface area contributed by atoms with Gasteiger partial charge in [0.15, 0.2) is 11.0 Å². The van der Waals surface area contributed by atoms with Crippen molar-refractivity contribution in [1.29, 1.82) is 0 Å². The summed E-state index contributed by atoms with van der Waals surface area (Å²) in [6.45, 7) is 0. The molecule has 0 saturated heterocycles. The Labute approximate surface area is 174 Å². The van der Waals surface area contributed by atoms with E-state index in [2.05, 4.69) is 25.4 Å². The number of halogens is 2. The summed E-state index contributed by atoms with van der Waals surface area (Å²) in [5.41, 5.74) is 1.94. The van der Waals surface area contributed by atoms with Crippen molar-refractivity contribution in [2.45, 2.75) is 23.8 Å². The first-order valence-electron chi connectivity index (χ1n) is 8.71. The number of carbonyl (C=O) groups is 1. The van der Waals surface area contributed by atoms with Crippen LogP contribution in [0.15, 0.2) is 52.1 Å². The second-order valence-electron chi connectivity index (χ2n) is 6.12. The molecule has 0 atom stereocenters. The molecule has 2 aromatic carbocycles. The van der Waals surface area contributed by atoms with E-state index in [0.29, 0.717) is 17.5 Å². The Morgan fingerprint density at radius 2 is 2.10 bits per heavy atom. The molecular formula is C19H15ClFN5O2S. The van der Waals surface area contributed by atoms with Gasteiger partial charge >= 0.3 is 0 Å². The van der Waals surface area contributed by atoms with Crippen molar-refractivity contribution in [3.63, 3.8) is 0 Å². The lowest BCUT2D eigenvalue weighted by molar-refractivity contribution is -0.116. The number of nitrogens with one attached hydrogen (secondary N) is 2. The van der Waals surface area contributed by atoms with E-state index >= 15 is 0 Å². The highest BCUT2D eigenvalue weighted by atomic mass is 35.5. The van der Waals surface area contributed by atoms with Crippen molar-refractivity contribution in [3.8, 4) is 0 Å². The molecule has 0 fully saturated rings. The molecule has 7 nitrogen and oxygen atoms in total. The van der Waals surface area contributed by atoms with Gasteiger partial charge in [0.1, 0.15) is 5.82 Å². The number of anilines is 1. The summed E-state index contributed by atoms with van der Waals surface area (Å²) in [6, 6.07) is 11.8. The number of aromatic nitrogens is 4. The number of amides is 1. The SMILES string of the molecule is O=C(CCc1nc(CSc2nc3ccccc3[nH]2)no1)Nc1ccc(Cl)cc1F. The van der Waals surface area contributed by atoms with E-state index in [0.717, 1.165) is 22.3 Å². The lowest BCUT2D eigenvalue weighted by Gasteiger charge is -2.05. The normalized spacial score (nSPS) is 11.1. The molecule has 0 radical (unpaired) electrons. The Hall–Kier alpha value is -2.91. The average molecular weight is 432 g/mol. The molecule has 0 unspecified atom stereocenters. The Morgan fingerprint density at radius 3 is 2.93 bits per heavy atom. The van der Waals surface area contributed by atoms with E-state index < -0.39 is 5.82 Å². The molecule has 0 saturated carbocycles. The largest absolute Gasteiger partial charge is 0.339 e. The third kappa shape index (κ3) is 4.93. The highest BCUT2D eigenvalue weighted by Gasteiger charge is 2.12. The Balaban J connectivity index is 1.28. The monoisotopic (exact) mass is 431 g/mol. The maximum Gasteiger partial charge on any atom is 0.227 e. The first-order chi connectivity index (χ1) is 14.1. The minimum absolute atomic E-state index is 0.0767. The molecule has 0 aliphatic heterocycles. The van der Waals surface area contributed by atoms with Crippen LogP contribution in [0.2, 0.25) is 5.02 Å². The molecule has 0 aliphatic carbocycles. The summed E-state index contributed by atoms with van der Waals surface area (Å²) in [4.78, 5) is 24.0. The summed E-state index contributed by atoms with van der Waals surface area (Å²) < 4.78 is 18.9. The summed E-state index contributed by atoms with van der Waals surface area (Å²) in [7, 11) is 0. The summed E-state index contributed by atoms with van der Waals surface area (Å²) in [5, 5.41) is 7.44. The van der Waals surface area contributed by atoms with Crippen LogP contribution in [0, 0.1) is 5.82 Å². The Kier molecular flexibility index (Phi) is 5.77. The van der Waals surface area contributed by atoms with Crippen molar-refractivity contribution in [3.05, 3.63) is 65.0 Å². The van der Waals surface area contributed by atoms with Crippen molar-refractivity contribution in [2.24, 2.45) is 0 Å². The Bertz CT molecular complexity index is 1130. The zero-order valence-corrected chi connectivity index (χ0v) is 16.6. The van der Waals surface area contributed by atoms with Gasteiger partial charge in [-0.1, -0.05) is 40.7 Å². The van der Waals surface area contributed by atoms with E-state index in [1.54, 1.807) is 0 Å². The van der Waals surface area contributed by atoms with Gasteiger partial charge in [0.05, 0.1) is 22.5 Å². The van der Waals surface area contributed by atoms with E-state index in [-0.39, 0.29) is 29.5 Å². The topological polar surface area (TPSA) is 96.7 Å². The van der Waals surface area contributed by atoms with Crippen LogP contribution in [-0.4, -0.2) is 26.0 Å². The zero-order valence-electron chi connectivity index (χ0n) is 15.0. The zero-order chi connectivity index (χ0) is 20.2. The first kappa shape index (κ1) is 19.4. The Morgan fingerprint density at radius 1 is 1.24 bits per heavy atom. The number of carbonyl (C=O) groups excluding carboxylic acids is 1. The predicted molar refractivity (Wildman–Crippen MR) is 108 cm³/mol. The molecule has 0 spiro atoms. The fraction of sp³-hybridized carbons (Fsp3) is 0.158. The number of benzene rings is 2. The molecule has 2 aromatic heterocycles. The molecule has 4 aromatic rings. The van der Waals surface area contributed by atoms with Crippen LogP contribution in [0.25, 0.3) is 11.0 Å². The van der Waals surface area contributed by atoms with E-state index in [1.165, 1.54) is 23.9 Å². The molecule has 2 heterocycles. The van der Waals surface area contributed by atoms with Crippen LogP contribution in [0.5, 0.6) is 0 Å². The van der Waals surface area contributed by atoms with Crippen LogP contribution < -0.4 is 5.32 Å². The average Bonchev–Trinajstić information content (AvgIpc) is 3.33. The highest BCUT2D eigenvalue weighted by molar-refractivity contribution is 7.98. The molecular weight excluding hydrogens is 417 g/mol. The van der Waals surface area contributed by atoms with Gasteiger partial charge in [0.25, 0.3) is 0 Å². The summed E-state index contributed by atoms with van der Waals surface area (Å²) in [5.74, 6) is 0.383. The van der Waals surface area contributed by atoms with Crippen LogP contribution >= 0.6 is 23.4 Å². The number of fused-ring (bicyclic) bond motifs is 1. The van der Waals surface area contributed by atoms with Gasteiger partial charge in [-0.2, -0.15) is 4.98 Å². The van der Waals surface area contributed by atoms with E-state index in [9.17, 15) is 9.18 Å². The molecule has 2 N–H and O–H groups in total. The fourth-order valence-electron chi connectivity index (χ4n) is 2.60. The van der Waals surface area contributed by atoms with Crippen LogP contribution in [0.1, 0.15) is 18.1 Å². The molecule has 10 heteroatoms. The number of para-hydroxylation sites is 2. The van der Waals surface area contributed by atoms with Gasteiger partial charge in [-0.25, -0.2) is 9.37 Å². The summed E-state index contributed by atoms with van der Waals surface area (Å²) in [6.07, 6.45) is 0.337. The highest BCUT2D eigenvalue weighted by Crippen LogP contribution is 2.22. The van der Waals surface area contributed by atoms with Gasteiger partial charge < -0.3 is 14.8 Å². The maximum absolute atomic E-state index is 13.7. The van der Waals surface area contributed by atoms with E-state index in [1.807, 2.05) is 24.3 Å². The van der Waals surface area contributed by atoms with Crippen molar-refractivity contribution in [2.75, 3.05) is 5.32 Å². The number of nitrogens with zero attached hydrogens (tertiary/aromatic N) is 3. The third-order valence-electron chi connectivity index (χ3n) is 3.99. The van der Waals surface area contributed by atoms with Gasteiger partial charge in [0.2, 0.25) is 11.8 Å². The third-order valence-corrected chi connectivity index (χ3v) is 5.09. The number of rotatable bonds is 7. The first-order valence-corrected chi connectivity index (χ1v) is 10.1.